The quantitative estimate of drug-likeness (QED) is 0.565. The Morgan fingerprint density at radius 2 is 1.87 bits per heavy atom. The van der Waals surface area contributed by atoms with Crippen molar-refractivity contribution in [2.45, 2.75) is 5.37 Å². The van der Waals surface area contributed by atoms with Crippen LogP contribution in [-0.4, -0.2) is 17.6 Å². The van der Waals surface area contributed by atoms with E-state index in [0.29, 0.717) is 21.8 Å². The molecule has 1 aliphatic heterocycles. The molecule has 0 aliphatic carbocycles. The number of thioether (sulfide) groups is 1. The van der Waals surface area contributed by atoms with E-state index in [-0.39, 0.29) is 23.3 Å². The summed E-state index contributed by atoms with van der Waals surface area (Å²) < 4.78 is 27.6. The first-order chi connectivity index (χ1) is 14.4. The lowest BCUT2D eigenvalue weighted by molar-refractivity contribution is -0.115. The van der Waals surface area contributed by atoms with Gasteiger partial charge in [0.05, 0.1) is 22.0 Å². The van der Waals surface area contributed by atoms with E-state index in [1.165, 1.54) is 22.7 Å². The maximum Gasteiger partial charge on any atom is 0.257 e. The van der Waals surface area contributed by atoms with Crippen LogP contribution < -0.4 is 10.2 Å². The number of hydrogen-bond acceptors (Lipinski definition) is 3. The van der Waals surface area contributed by atoms with Crippen molar-refractivity contribution in [1.82, 2.24) is 0 Å². The van der Waals surface area contributed by atoms with Crippen LogP contribution in [0, 0.1) is 11.6 Å². The Hall–Kier alpha value is -2.90. The van der Waals surface area contributed by atoms with E-state index < -0.39 is 17.0 Å². The zero-order valence-electron chi connectivity index (χ0n) is 15.4. The van der Waals surface area contributed by atoms with Gasteiger partial charge in [0.1, 0.15) is 17.0 Å². The number of halogens is 3. The van der Waals surface area contributed by atoms with Crippen LogP contribution in [0.25, 0.3) is 0 Å². The molecule has 8 heteroatoms. The molecule has 4 nitrogen and oxygen atoms in total. The van der Waals surface area contributed by atoms with Gasteiger partial charge in [-0.3, -0.25) is 14.5 Å². The van der Waals surface area contributed by atoms with E-state index in [9.17, 15) is 18.4 Å². The zero-order valence-corrected chi connectivity index (χ0v) is 17.0. The van der Waals surface area contributed by atoms with E-state index >= 15 is 0 Å². The third-order valence-corrected chi connectivity index (χ3v) is 6.13. The van der Waals surface area contributed by atoms with Gasteiger partial charge in [-0.1, -0.05) is 35.9 Å². The number of hydrogen-bond donors (Lipinski definition) is 1. The zero-order chi connectivity index (χ0) is 21.3. The smallest absolute Gasteiger partial charge is 0.257 e. The van der Waals surface area contributed by atoms with Crippen molar-refractivity contribution in [3.05, 3.63) is 94.5 Å². The lowest BCUT2D eigenvalue weighted by Crippen LogP contribution is -2.28. The number of benzene rings is 3. The largest absolute Gasteiger partial charge is 0.322 e. The minimum Gasteiger partial charge on any atom is -0.322 e. The molecule has 1 fully saturated rings. The summed E-state index contributed by atoms with van der Waals surface area (Å²) in [5, 5.41) is 2.62. The molecule has 0 saturated carbocycles. The number of amides is 2. The predicted octanol–water partition coefficient (Wildman–Crippen LogP) is 5.65. The number of carbonyl (C=O) groups is 2. The molecule has 30 heavy (non-hydrogen) atoms. The van der Waals surface area contributed by atoms with E-state index in [1.807, 2.05) is 0 Å². The molecule has 1 N–H and O–H groups in total. The van der Waals surface area contributed by atoms with Crippen LogP contribution >= 0.6 is 23.4 Å². The van der Waals surface area contributed by atoms with Crippen molar-refractivity contribution in [3.8, 4) is 0 Å². The molecule has 2 amide bonds. The Balaban J connectivity index is 1.62. The second-order valence-corrected chi connectivity index (χ2v) is 8.06. The van der Waals surface area contributed by atoms with Crippen LogP contribution in [0.3, 0.4) is 0 Å². The van der Waals surface area contributed by atoms with Crippen molar-refractivity contribution in [1.29, 1.82) is 0 Å². The average Bonchev–Trinajstić information content (AvgIpc) is 3.10. The summed E-state index contributed by atoms with van der Waals surface area (Å²) in [6, 6.07) is 16.8. The highest BCUT2D eigenvalue weighted by molar-refractivity contribution is 8.00. The highest BCUT2D eigenvalue weighted by Crippen LogP contribution is 2.43. The molecule has 1 saturated heterocycles. The Morgan fingerprint density at radius 3 is 2.63 bits per heavy atom. The third-order valence-electron chi connectivity index (χ3n) is 4.59. The number of carbonyl (C=O) groups excluding carboxylic acids is 2. The summed E-state index contributed by atoms with van der Waals surface area (Å²) in [7, 11) is 0. The first-order valence-corrected chi connectivity index (χ1v) is 10.4. The van der Waals surface area contributed by atoms with E-state index in [0.717, 1.165) is 12.1 Å². The summed E-state index contributed by atoms with van der Waals surface area (Å²) in [4.78, 5) is 26.3. The maximum absolute atomic E-state index is 14.3. The molecule has 3 aromatic carbocycles. The molecule has 1 atom stereocenters. The first-order valence-electron chi connectivity index (χ1n) is 8.98. The molecule has 4 rings (SSSR count). The number of nitrogens with one attached hydrogen (secondary N) is 1. The summed E-state index contributed by atoms with van der Waals surface area (Å²) in [5.41, 5.74) is 1.57. The van der Waals surface area contributed by atoms with Gasteiger partial charge in [0, 0.05) is 11.8 Å². The summed E-state index contributed by atoms with van der Waals surface area (Å²) in [5.74, 6) is -2.00. The van der Waals surface area contributed by atoms with Gasteiger partial charge in [-0.25, -0.2) is 8.78 Å². The normalized spacial score (nSPS) is 16.0. The molecule has 1 aliphatic rings. The molecule has 3 aromatic rings. The van der Waals surface area contributed by atoms with Crippen molar-refractivity contribution < 1.29 is 18.4 Å². The van der Waals surface area contributed by atoms with Crippen molar-refractivity contribution >= 4 is 46.6 Å². The Kier molecular flexibility index (Phi) is 5.74. The summed E-state index contributed by atoms with van der Waals surface area (Å²) in [6.07, 6.45) is 0. The average molecular weight is 445 g/mol. The van der Waals surface area contributed by atoms with Gasteiger partial charge in [-0.15, -0.1) is 11.8 Å². The molecular weight excluding hydrogens is 430 g/mol. The van der Waals surface area contributed by atoms with Gasteiger partial charge >= 0.3 is 0 Å². The molecule has 0 bridgehead atoms. The highest BCUT2D eigenvalue weighted by Gasteiger charge is 2.35. The van der Waals surface area contributed by atoms with Gasteiger partial charge in [-0.05, 0) is 42.0 Å². The Labute approximate surface area is 180 Å². The summed E-state index contributed by atoms with van der Waals surface area (Å²) in [6.45, 7) is 0. The van der Waals surface area contributed by atoms with E-state index in [2.05, 4.69) is 5.32 Å². The van der Waals surface area contributed by atoms with Crippen LogP contribution in [0.5, 0.6) is 0 Å². The molecule has 0 unspecified atom stereocenters. The van der Waals surface area contributed by atoms with Crippen molar-refractivity contribution in [3.63, 3.8) is 0 Å². The van der Waals surface area contributed by atoms with Crippen LogP contribution in [0.4, 0.5) is 20.2 Å². The van der Waals surface area contributed by atoms with Crippen LogP contribution in [0.2, 0.25) is 5.02 Å². The lowest BCUT2D eigenvalue weighted by Gasteiger charge is -2.25. The van der Waals surface area contributed by atoms with E-state index in [1.54, 1.807) is 48.5 Å². The first kappa shape index (κ1) is 20.4. The second-order valence-electron chi connectivity index (χ2n) is 6.58. The van der Waals surface area contributed by atoms with Crippen molar-refractivity contribution in [2.24, 2.45) is 0 Å². The molecular formula is C22H15ClF2N2O2S. The maximum atomic E-state index is 14.3. The third kappa shape index (κ3) is 4.04. The summed E-state index contributed by atoms with van der Waals surface area (Å²) >= 11 is 7.41. The predicted molar refractivity (Wildman–Crippen MR) is 115 cm³/mol. The second kappa shape index (κ2) is 8.45. The fourth-order valence-corrected chi connectivity index (χ4v) is 4.60. The molecule has 0 radical (unpaired) electrons. The Bertz CT molecular complexity index is 1140. The lowest BCUT2D eigenvalue weighted by atomic mass is 10.1. The molecule has 152 valence electrons. The minimum atomic E-state index is -0.806. The van der Waals surface area contributed by atoms with Crippen LogP contribution in [0.1, 0.15) is 21.3 Å². The molecule has 0 aromatic heterocycles. The number of nitrogens with zero attached hydrogens (tertiary/aromatic N) is 1. The molecule has 0 spiro atoms. The number of anilines is 2. The van der Waals surface area contributed by atoms with Gasteiger partial charge in [0.2, 0.25) is 5.91 Å². The highest BCUT2D eigenvalue weighted by atomic mass is 35.5. The standard InChI is InChI=1S/C22H15ClF2N2O2S/c23-17-7-2-1-6-16(17)21(29)26-15-5-3-4-13(10-15)22-27(20(28)12-30-22)19-9-8-14(24)11-18(19)25/h1-11,22H,12H2,(H,26,29)/t22-/m1/s1. The Morgan fingerprint density at radius 1 is 1.07 bits per heavy atom. The SMILES string of the molecule is O=C(Nc1cccc([C@H]2SCC(=O)N2c2ccc(F)cc2F)c1)c1ccccc1Cl. The van der Waals surface area contributed by atoms with Gasteiger partial charge < -0.3 is 5.32 Å². The van der Waals surface area contributed by atoms with Crippen molar-refractivity contribution in [2.75, 3.05) is 16.0 Å². The fourth-order valence-electron chi connectivity index (χ4n) is 3.22. The number of rotatable bonds is 4. The monoisotopic (exact) mass is 444 g/mol. The topological polar surface area (TPSA) is 49.4 Å². The van der Waals surface area contributed by atoms with E-state index in [4.69, 9.17) is 11.6 Å². The van der Waals surface area contributed by atoms with Gasteiger partial charge in [0.15, 0.2) is 0 Å². The van der Waals surface area contributed by atoms with Gasteiger partial charge in [0.25, 0.3) is 5.91 Å². The fraction of sp³-hybridized carbons (Fsp3) is 0.0909. The minimum absolute atomic E-state index is 0.0157. The van der Waals surface area contributed by atoms with Gasteiger partial charge in [-0.2, -0.15) is 0 Å². The molecule has 1 heterocycles. The van der Waals surface area contributed by atoms with Crippen LogP contribution in [-0.2, 0) is 4.79 Å². The van der Waals surface area contributed by atoms with Crippen LogP contribution in [0.15, 0.2) is 66.7 Å².